The van der Waals surface area contributed by atoms with E-state index in [4.69, 9.17) is 4.74 Å². The van der Waals surface area contributed by atoms with Gasteiger partial charge in [0.05, 0.1) is 12.7 Å². The molecule has 1 aromatic carbocycles. The summed E-state index contributed by atoms with van der Waals surface area (Å²) in [6.45, 7) is 3.35. The Morgan fingerprint density at radius 1 is 1.33 bits per heavy atom. The van der Waals surface area contributed by atoms with Crippen molar-refractivity contribution in [1.82, 2.24) is 5.32 Å². The van der Waals surface area contributed by atoms with Crippen LogP contribution in [-0.4, -0.2) is 31.5 Å². The molecule has 18 heavy (non-hydrogen) atoms. The summed E-state index contributed by atoms with van der Waals surface area (Å²) in [5, 5.41) is 13.0. The van der Waals surface area contributed by atoms with Gasteiger partial charge in [0.1, 0.15) is 0 Å². The van der Waals surface area contributed by atoms with Crippen molar-refractivity contribution in [3.63, 3.8) is 0 Å². The molecule has 2 N–H and O–H groups in total. The topological polar surface area (TPSA) is 41.5 Å². The van der Waals surface area contributed by atoms with Crippen LogP contribution in [0, 0.1) is 0 Å². The predicted molar refractivity (Wildman–Crippen MR) is 77.7 cm³/mol. The highest BCUT2D eigenvalue weighted by Gasteiger charge is 2.09. The molecule has 2 atom stereocenters. The van der Waals surface area contributed by atoms with Gasteiger partial charge in [-0.05, 0) is 37.1 Å². The first kappa shape index (κ1) is 15.6. The van der Waals surface area contributed by atoms with Gasteiger partial charge in [-0.2, -0.15) is 0 Å². The maximum absolute atomic E-state index is 9.57. The smallest absolute Gasteiger partial charge is 0.0785 e. The van der Waals surface area contributed by atoms with Crippen molar-refractivity contribution in [3.05, 3.63) is 34.3 Å². The zero-order chi connectivity index (χ0) is 13.4. The molecule has 0 saturated heterocycles. The number of aliphatic hydroxyl groups excluding tert-OH is 1. The Hall–Kier alpha value is -0.420. The van der Waals surface area contributed by atoms with Crippen molar-refractivity contribution in [2.75, 3.05) is 20.3 Å². The van der Waals surface area contributed by atoms with Crippen LogP contribution >= 0.6 is 15.9 Å². The summed E-state index contributed by atoms with van der Waals surface area (Å²) < 4.78 is 6.00. The summed E-state index contributed by atoms with van der Waals surface area (Å²) in [5.41, 5.74) is 1.28. The van der Waals surface area contributed by atoms with Gasteiger partial charge in [-0.3, -0.25) is 0 Å². The number of rotatable bonds is 8. The van der Waals surface area contributed by atoms with Crippen LogP contribution in [0.1, 0.15) is 31.4 Å². The third kappa shape index (κ3) is 5.48. The lowest BCUT2D eigenvalue weighted by Gasteiger charge is -2.18. The molecular weight excluding hydrogens is 294 g/mol. The fourth-order valence-electron chi connectivity index (χ4n) is 1.89. The molecule has 3 nitrogen and oxygen atoms in total. The Labute approximate surface area is 118 Å². The molecule has 0 heterocycles. The fraction of sp³-hybridized carbons (Fsp3) is 0.571. The number of hydrogen-bond donors (Lipinski definition) is 2. The number of nitrogens with one attached hydrogen (secondary N) is 1. The van der Waals surface area contributed by atoms with Crippen LogP contribution in [0.2, 0.25) is 0 Å². The number of halogens is 1. The van der Waals surface area contributed by atoms with Gasteiger partial charge in [0.2, 0.25) is 0 Å². The Morgan fingerprint density at radius 2 is 2.00 bits per heavy atom. The molecule has 0 aliphatic carbocycles. The van der Waals surface area contributed by atoms with E-state index in [9.17, 15) is 5.11 Å². The van der Waals surface area contributed by atoms with Crippen molar-refractivity contribution < 1.29 is 9.84 Å². The van der Waals surface area contributed by atoms with Gasteiger partial charge in [-0.25, -0.2) is 0 Å². The molecule has 2 unspecified atom stereocenters. The average molecular weight is 316 g/mol. The molecule has 0 fully saturated rings. The number of aliphatic hydroxyl groups is 1. The second-order valence-electron chi connectivity index (χ2n) is 4.36. The molecule has 0 aliphatic heterocycles. The van der Waals surface area contributed by atoms with E-state index in [1.807, 2.05) is 0 Å². The van der Waals surface area contributed by atoms with Crippen molar-refractivity contribution >= 4 is 15.9 Å². The van der Waals surface area contributed by atoms with E-state index in [1.165, 1.54) is 5.56 Å². The molecule has 4 heteroatoms. The second-order valence-corrected chi connectivity index (χ2v) is 5.28. The number of benzene rings is 1. The van der Waals surface area contributed by atoms with Crippen LogP contribution in [0.5, 0.6) is 0 Å². The molecule has 0 aliphatic rings. The van der Waals surface area contributed by atoms with Gasteiger partial charge in [0, 0.05) is 17.6 Å². The van der Waals surface area contributed by atoms with E-state index in [0.717, 1.165) is 17.4 Å². The van der Waals surface area contributed by atoms with Gasteiger partial charge in [0.15, 0.2) is 0 Å². The van der Waals surface area contributed by atoms with E-state index in [0.29, 0.717) is 19.1 Å². The van der Waals surface area contributed by atoms with Gasteiger partial charge in [-0.15, -0.1) is 0 Å². The summed E-state index contributed by atoms with van der Waals surface area (Å²) in [6, 6.07) is 8.69. The lowest BCUT2D eigenvalue weighted by atomic mass is 10.0. The highest BCUT2D eigenvalue weighted by atomic mass is 79.9. The van der Waals surface area contributed by atoms with Crippen molar-refractivity contribution in [2.24, 2.45) is 0 Å². The summed E-state index contributed by atoms with van der Waals surface area (Å²) in [4.78, 5) is 0. The number of hydrogen-bond acceptors (Lipinski definition) is 3. The van der Waals surface area contributed by atoms with Crippen LogP contribution in [-0.2, 0) is 4.74 Å². The molecular formula is C14H22BrNO2. The van der Waals surface area contributed by atoms with Gasteiger partial charge in [0.25, 0.3) is 0 Å². The molecule has 0 saturated carbocycles. The molecule has 0 spiro atoms. The first-order valence-corrected chi connectivity index (χ1v) is 7.12. The van der Waals surface area contributed by atoms with Gasteiger partial charge in [-0.1, -0.05) is 35.0 Å². The number of methoxy groups -OCH3 is 1. The van der Waals surface area contributed by atoms with Crippen molar-refractivity contribution in [1.29, 1.82) is 0 Å². The Balaban J connectivity index is 2.40. The summed E-state index contributed by atoms with van der Waals surface area (Å²) >= 11 is 3.44. The predicted octanol–water partition coefficient (Wildman–Crippen LogP) is 2.89. The SMILES string of the molecule is CCC(NCCC(O)COC)c1ccc(Br)cc1. The summed E-state index contributed by atoms with van der Waals surface area (Å²) in [6.07, 6.45) is 1.35. The lowest BCUT2D eigenvalue weighted by Crippen LogP contribution is -2.26. The maximum atomic E-state index is 9.57. The minimum absolute atomic E-state index is 0.341. The molecule has 102 valence electrons. The van der Waals surface area contributed by atoms with E-state index in [2.05, 4.69) is 52.4 Å². The highest BCUT2D eigenvalue weighted by Crippen LogP contribution is 2.19. The lowest BCUT2D eigenvalue weighted by molar-refractivity contribution is 0.0589. The van der Waals surface area contributed by atoms with Gasteiger partial charge < -0.3 is 15.2 Å². The van der Waals surface area contributed by atoms with E-state index in [-0.39, 0.29) is 6.10 Å². The van der Waals surface area contributed by atoms with Crippen molar-refractivity contribution in [3.8, 4) is 0 Å². The third-order valence-electron chi connectivity index (χ3n) is 2.91. The van der Waals surface area contributed by atoms with Crippen LogP contribution in [0.4, 0.5) is 0 Å². The Bertz CT molecular complexity index is 329. The molecule has 0 bridgehead atoms. The molecule has 0 radical (unpaired) electrons. The van der Waals surface area contributed by atoms with Crippen LogP contribution in [0.25, 0.3) is 0 Å². The van der Waals surface area contributed by atoms with E-state index < -0.39 is 0 Å². The van der Waals surface area contributed by atoms with Crippen LogP contribution in [0.15, 0.2) is 28.7 Å². The quantitative estimate of drug-likeness (QED) is 0.775. The minimum Gasteiger partial charge on any atom is -0.391 e. The molecule has 0 aromatic heterocycles. The van der Waals surface area contributed by atoms with E-state index in [1.54, 1.807) is 7.11 Å². The molecule has 1 aromatic rings. The zero-order valence-electron chi connectivity index (χ0n) is 11.0. The minimum atomic E-state index is -0.384. The second kappa shape index (κ2) is 8.64. The Morgan fingerprint density at radius 3 is 2.56 bits per heavy atom. The largest absolute Gasteiger partial charge is 0.391 e. The monoisotopic (exact) mass is 315 g/mol. The third-order valence-corrected chi connectivity index (χ3v) is 3.44. The fourth-order valence-corrected chi connectivity index (χ4v) is 2.16. The zero-order valence-corrected chi connectivity index (χ0v) is 12.6. The molecule has 1 rings (SSSR count). The standard InChI is InChI=1S/C14H22BrNO2/c1-3-14(11-4-6-12(15)7-5-11)16-9-8-13(17)10-18-2/h4-7,13-14,16-17H,3,8-10H2,1-2H3. The van der Waals surface area contributed by atoms with Crippen LogP contribution in [0.3, 0.4) is 0 Å². The Kier molecular flexibility index (Phi) is 7.51. The first-order chi connectivity index (χ1) is 8.67. The van der Waals surface area contributed by atoms with Crippen molar-refractivity contribution in [2.45, 2.75) is 31.9 Å². The summed E-state index contributed by atoms with van der Waals surface area (Å²) in [7, 11) is 1.60. The van der Waals surface area contributed by atoms with Crippen LogP contribution < -0.4 is 5.32 Å². The number of ether oxygens (including phenoxy) is 1. The normalized spacial score (nSPS) is 14.4. The highest BCUT2D eigenvalue weighted by molar-refractivity contribution is 9.10. The van der Waals surface area contributed by atoms with E-state index >= 15 is 0 Å². The first-order valence-electron chi connectivity index (χ1n) is 6.33. The average Bonchev–Trinajstić information content (AvgIpc) is 2.36. The maximum Gasteiger partial charge on any atom is 0.0785 e. The summed E-state index contributed by atoms with van der Waals surface area (Å²) in [5.74, 6) is 0. The van der Waals surface area contributed by atoms with Gasteiger partial charge >= 0.3 is 0 Å². The molecule has 0 amide bonds.